The molecular weight excluding hydrogens is 651 g/mol. The quantitative estimate of drug-likeness (QED) is 0.112. The van der Waals surface area contributed by atoms with E-state index in [0.29, 0.717) is 44.5 Å². The van der Waals surface area contributed by atoms with Gasteiger partial charge in [-0.05, 0) is 98.3 Å². The molecule has 0 heterocycles. The molecule has 2 saturated carbocycles. The van der Waals surface area contributed by atoms with Crippen LogP contribution in [0.5, 0.6) is 5.75 Å². The Morgan fingerprint density at radius 3 is 2.21 bits per heavy atom. The molecule has 0 aromatic heterocycles. The van der Waals surface area contributed by atoms with Gasteiger partial charge >= 0.3 is 30.1 Å². The average molecular weight is 693 g/mol. The van der Waals surface area contributed by atoms with Crippen LogP contribution in [0.1, 0.15) is 75.8 Å². The fourth-order valence-corrected chi connectivity index (χ4v) is 7.82. The summed E-state index contributed by atoms with van der Waals surface area (Å²) in [4.78, 5) is 11.3. The number of aryl methyl sites for hydroxylation is 1. The van der Waals surface area contributed by atoms with Crippen LogP contribution in [0.25, 0.3) is 0 Å². The molecule has 268 valence electrons. The molecule has 5 atom stereocenters. The van der Waals surface area contributed by atoms with E-state index in [9.17, 15) is 44.3 Å². The number of rotatable bonds is 14. The Morgan fingerprint density at radius 1 is 0.872 bits per heavy atom. The van der Waals surface area contributed by atoms with Crippen molar-refractivity contribution in [2.75, 3.05) is 39.6 Å². The highest BCUT2D eigenvalue weighted by molar-refractivity contribution is 5.70. The van der Waals surface area contributed by atoms with Crippen molar-refractivity contribution < 1.29 is 68.0 Å². The SMILES string of the molecule is CCOC(=O)COCCCOc1ccc2c(c1)CC[C@@H]1[C@@H]2CC[C@]2(C)[C@@H](OCCCOC(C(F)(F)F)(C(F)(F)F)C(F)(F)F)CC[C@@H]12. The molecule has 3 aliphatic carbocycles. The van der Waals surface area contributed by atoms with Crippen LogP contribution in [0.2, 0.25) is 0 Å². The number of hydrogen-bond acceptors (Lipinski definition) is 6. The number of fused-ring (bicyclic) bond motifs is 5. The van der Waals surface area contributed by atoms with E-state index >= 15 is 0 Å². The predicted octanol–water partition coefficient (Wildman–Crippen LogP) is 8.11. The minimum atomic E-state index is -6.74. The first kappa shape index (κ1) is 37.6. The topological polar surface area (TPSA) is 63.2 Å². The van der Waals surface area contributed by atoms with Crippen LogP contribution in [0.4, 0.5) is 39.5 Å². The molecule has 1 aromatic rings. The lowest BCUT2D eigenvalue weighted by atomic mass is 9.55. The van der Waals surface area contributed by atoms with Gasteiger partial charge in [0.1, 0.15) is 12.4 Å². The lowest BCUT2D eigenvalue weighted by Gasteiger charge is -2.50. The van der Waals surface area contributed by atoms with Crippen LogP contribution < -0.4 is 4.74 Å². The summed E-state index contributed by atoms with van der Waals surface area (Å²) in [7, 11) is 0. The minimum Gasteiger partial charge on any atom is -0.493 e. The molecule has 0 unspecified atom stereocenters. The fraction of sp³-hybridized carbons (Fsp3) is 0.781. The summed E-state index contributed by atoms with van der Waals surface area (Å²) in [6, 6.07) is 6.11. The highest BCUT2D eigenvalue weighted by Crippen LogP contribution is 2.62. The first-order valence-electron chi connectivity index (χ1n) is 15.9. The van der Waals surface area contributed by atoms with E-state index < -0.39 is 43.1 Å². The summed E-state index contributed by atoms with van der Waals surface area (Å²) in [5.74, 6) is 1.33. The molecular formula is C32H41F9O6. The summed E-state index contributed by atoms with van der Waals surface area (Å²) in [6.45, 7) is 3.05. The lowest BCUT2D eigenvalue weighted by Crippen LogP contribution is -2.67. The highest BCUT2D eigenvalue weighted by atomic mass is 19.4. The number of halogens is 9. The second-order valence-electron chi connectivity index (χ2n) is 12.7. The first-order valence-corrected chi connectivity index (χ1v) is 15.9. The summed E-state index contributed by atoms with van der Waals surface area (Å²) in [5, 5.41) is 0. The Labute approximate surface area is 267 Å². The third kappa shape index (κ3) is 7.82. The summed E-state index contributed by atoms with van der Waals surface area (Å²) < 4.78 is 144. The van der Waals surface area contributed by atoms with Crippen molar-refractivity contribution >= 4 is 5.97 Å². The molecule has 6 nitrogen and oxygen atoms in total. The van der Waals surface area contributed by atoms with Crippen molar-refractivity contribution in [3.63, 3.8) is 0 Å². The van der Waals surface area contributed by atoms with Crippen molar-refractivity contribution in [3.05, 3.63) is 29.3 Å². The van der Waals surface area contributed by atoms with Crippen LogP contribution >= 0.6 is 0 Å². The zero-order chi connectivity index (χ0) is 34.7. The monoisotopic (exact) mass is 692 g/mol. The van der Waals surface area contributed by atoms with Crippen molar-refractivity contribution in [2.45, 2.75) is 101 Å². The van der Waals surface area contributed by atoms with Gasteiger partial charge in [0.25, 0.3) is 0 Å². The summed E-state index contributed by atoms with van der Waals surface area (Å²) in [6.07, 6.45) is -15.6. The van der Waals surface area contributed by atoms with E-state index in [1.807, 2.05) is 6.07 Å². The molecule has 0 amide bonds. The summed E-state index contributed by atoms with van der Waals surface area (Å²) >= 11 is 0. The standard InChI is InChI=1S/C32H41F9O6/c1-3-44-27(42)19-43-14-4-15-45-21-7-9-22-20(18-21)6-8-24-23(22)12-13-28(2)25(24)10-11-26(28)46-16-5-17-47-29(30(33,34)35,31(36,37)38)32(39,40)41/h7,9,18,23-26H,3-6,8,10-17,19H2,1-2H3/t23-,24-,25+,26+,28+/m1/s1. The molecule has 1 aromatic carbocycles. The van der Waals surface area contributed by atoms with Crippen LogP contribution in [-0.4, -0.2) is 75.8 Å². The molecule has 0 radical (unpaired) electrons. The van der Waals surface area contributed by atoms with E-state index in [1.54, 1.807) is 6.92 Å². The zero-order valence-electron chi connectivity index (χ0n) is 26.3. The lowest BCUT2D eigenvalue weighted by molar-refractivity contribution is -0.457. The molecule has 0 aliphatic heterocycles. The molecule has 0 bridgehead atoms. The van der Waals surface area contributed by atoms with Crippen LogP contribution in [-0.2, 0) is 30.2 Å². The van der Waals surface area contributed by atoms with E-state index in [-0.39, 0.29) is 30.7 Å². The molecule has 0 saturated heterocycles. The average Bonchev–Trinajstić information content (AvgIpc) is 3.30. The van der Waals surface area contributed by atoms with E-state index in [0.717, 1.165) is 37.9 Å². The van der Waals surface area contributed by atoms with Crippen LogP contribution in [0.15, 0.2) is 18.2 Å². The molecule has 15 heteroatoms. The number of alkyl halides is 9. The van der Waals surface area contributed by atoms with Crippen LogP contribution in [0, 0.1) is 17.3 Å². The normalized spacial score (nSPS) is 26.4. The fourth-order valence-electron chi connectivity index (χ4n) is 7.82. The number of hydrogen-bond donors (Lipinski definition) is 0. The molecule has 0 spiro atoms. The highest BCUT2D eigenvalue weighted by Gasteiger charge is 2.85. The van der Waals surface area contributed by atoms with Gasteiger partial charge in [0.2, 0.25) is 0 Å². The maximum atomic E-state index is 13.1. The maximum absolute atomic E-state index is 13.1. The van der Waals surface area contributed by atoms with Gasteiger partial charge in [-0.3, -0.25) is 0 Å². The minimum absolute atomic E-state index is 0.0974. The number of ether oxygens (including phenoxy) is 5. The molecule has 4 rings (SSSR count). The van der Waals surface area contributed by atoms with Gasteiger partial charge in [-0.15, -0.1) is 0 Å². The van der Waals surface area contributed by atoms with Gasteiger partial charge in [-0.25, -0.2) is 4.79 Å². The Balaban J connectivity index is 1.27. The second-order valence-corrected chi connectivity index (χ2v) is 12.7. The van der Waals surface area contributed by atoms with E-state index in [1.165, 1.54) is 11.1 Å². The van der Waals surface area contributed by atoms with Crippen molar-refractivity contribution in [1.29, 1.82) is 0 Å². The van der Waals surface area contributed by atoms with E-state index in [2.05, 4.69) is 23.8 Å². The molecule has 47 heavy (non-hydrogen) atoms. The third-order valence-corrected chi connectivity index (χ3v) is 9.96. The Morgan fingerprint density at radius 2 is 1.55 bits per heavy atom. The molecule has 3 aliphatic rings. The number of esters is 1. The van der Waals surface area contributed by atoms with Gasteiger partial charge in [0.05, 0.1) is 32.5 Å². The third-order valence-electron chi connectivity index (χ3n) is 9.96. The van der Waals surface area contributed by atoms with Crippen molar-refractivity contribution in [1.82, 2.24) is 0 Å². The van der Waals surface area contributed by atoms with Gasteiger partial charge < -0.3 is 23.7 Å². The molecule has 0 N–H and O–H groups in total. The summed E-state index contributed by atoms with van der Waals surface area (Å²) in [5.41, 5.74) is -4.03. The van der Waals surface area contributed by atoms with Gasteiger partial charge in [-0.2, -0.15) is 39.5 Å². The number of benzene rings is 1. The second kappa shape index (κ2) is 14.7. The maximum Gasteiger partial charge on any atom is 0.435 e. The number of carbonyl (C=O) groups is 1. The first-order chi connectivity index (χ1) is 22.0. The van der Waals surface area contributed by atoms with Crippen molar-refractivity contribution in [3.8, 4) is 5.75 Å². The van der Waals surface area contributed by atoms with Gasteiger partial charge in [0.15, 0.2) is 0 Å². The van der Waals surface area contributed by atoms with Crippen LogP contribution in [0.3, 0.4) is 0 Å². The van der Waals surface area contributed by atoms with Gasteiger partial charge in [-0.1, -0.05) is 13.0 Å². The Kier molecular flexibility index (Phi) is 11.7. The Hall–Kier alpha value is -2.26. The molecule has 2 fully saturated rings. The Bertz CT molecular complexity index is 1160. The predicted molar refractivity (Wildman–Crippen MR) is 150 cm³/mol. The number of carbonyl (C=O) groups excluding carboxylic acids is 1. The largest absolute Gasteiger partial charge is 0.493 e. The van der Waals surface area contributed by atoms with Crippen molar-refractivity contribution in [2.24, 2.45) is 17.3 Å². The van der Waals surface area contributed by atoms with Gasteiger partial charge in [0, 0.05) is 13.0 Å². The van der Waals surface area contributed by atoms with E-state index in [4.69, 9.17) is 18.9 Å². The zero-order valence-corrected chi connectivity index (χ0v) is 26.3. The smallest absolute Gasteiger partial charge is 0.435 e.